The highest BCUT2D eigenvalue weighted by molar-refractivity contribution is 5.98. The van der Waals surface area contributed by atoms with Gasteiger partial charge >= 0.3 is 0 Å². The fraction of sp³-hybridized carbons (Fsp3) is 0.217. The van der Waals surface area contributed by atoms with Crippen molar-refractivity contribution in [3.63, 3.8) is 0 Å². The number of anilines is 1. The minimum atomic E-state index is -0.664. The van der Waals surface area contributed by atoms with Crippen molar-refractivity contribution in [3.8, 4) is 28.1 Å². The molecule has 0 spiro atoms. The van der Waals surface area contributed by atoms with Crippen LogP contribution in [0.3, 0.4) is 0 Å². The number of nitrogens with two attached hydrogens (primary N) is 1. The Labute approximate surface area is 170 Å². The fourth-order valence-electron chi connectivity index (χ4n) is 3.56. The minimum absolute atomic E-state index is 0.0936. The third-order valence-corrected chi connectivity index (χ3v) is 5.33. The van der Waals surface area contributed by atoms with Gasteiger partial charge in [-0.1, -0.05) is 54.6 Å². The van der Waals surface area contributed by atoms with Crippen LogP contribution in [0.5, 0.6) is 5.75 Å². The summed E-state index contributed by atoms with van der Waals surface area (Å²) in [6, 6.07) is 19.7. The van der Waals surface area contributed by atoms with Crippen molar-refractivity contribution in [2.75, 3.05) is 38.1 Å². The fourth-order valence-corrected chi connectivity index (χ4v) is 3.56. The van der Waals surface area contributed by atoms with Crippen molar-refractivity contribution in [2.45, 2.75) is 0 Å². The summed E-state index contributed by atoms with van der Waals surface area (Å²) in [4.78, 5) is 20.8. The zero-order valence-corrected chi connectivity index (χ0v) is 16.4. The number of piperazine rings is 1. The van der Waals surface area contributed by atoms with Crippen LogP contribution >= 0.6 is 0 Å². The maximum atomic E-state index is 11.9. The number of hydrogen-bond acceptors (Lipinski definition) is 5. The van der Waals surface area contributed by atoms with Gasteiger partial charge in [0.15, 0.2) is 11.6 Å². The molecule has 29 heavy (non-hydrogen) atoms. The van der Waals surface area contributed by atoms with Crippen LogP contribution in [-0.2, 0) is 0 Å². The second kappa shape index (κ2) is 7.93. The summed E-state index contributed by atoms with van der Waals surface area (Å²) in [7, 11) is 2.06. The normalized spacial score (nSPS) is 14.7. The van der Waals surface area contributed by atoms with Crippen LogP contribution < -0.4 is 10.6 Å². The molecular formula is C23H24N4O2. The summed E-state index contributed by atoms with van der Waals surface area (Å²) < 4.78 is 0. The number of hydrogen-bond donors (Lipinski definition) is 2. The van der Waals surface area contributed by atoms with Crippen molar-refractivity contribution < 1.29 is 9.90 Å². The predicted molar refractivity (Wildman–Crippen MR) is 115 cm³/mol. The highest BCUT2D eigenvalue weighted by Gasteiger charge is 2.23. The molecule has 4 rings (SSSR count). The van der Waals surface area contributed by atoms with Crippen LogP contribution in [0.1, 0.15) is 10.4 Å². The predicted octanol–water partition coefficient (Wildman–Crippen LogP) is 2.97. The van der Waals surface area contributed by atoms with E-state index >= 15 is 0 Å². The molecule has 6 nitrogen and oxygen atoms in total. The van der Waals surface area contributed by atoms with Gasteiger partial charge in [0, 0.05) is 31.7 Å². The van der Waals surface area contributed by atoms with Crippen LogP contribution in [0.25, 0.3) is 22.4 Å². The number of pyridine rings is 1. The quantitative estimate of drug-likeness (QED) is 0.718. The Hall–Kier alpha value is -3.38. The average molecular weight is 388 g/mol. The minimum Gasteiger partial charge on any atom is -0.504 e. The molecule has 0 aliphatic carbocycles. The van der Waals surface area contributed by atoms with Crippen molar-refractivity contribution >= 4 is 11.7 Å². The van der Waals surface area contributed by atoms with E-state index in [0.717, 1.165) is 42.9 Å². The largest absolute Gasteiger partial charge is 0.504 e. The third kappa shape index (κ3) is 3.93. The standard InChI is InChI=1S/C23H24N4O2/c1-26-11-13-27(14-12-26)23-21(28)19(22(24)29)15-20(25-23)18-9-7-17(8-10-18)16-5-3-2-4-6-16/h2-10,15,28H,11-14H2,1H3,(H2,24,29). The first-order valence-corrected chi connectivity index (χ1v) is 9.66. The van der Waals surface area contributed by atoms with Gasteiger partial charge in [-0.15, -0.1) is 0 Å². The van der Waals surface area contributed by atoms with Crippen LogP contribution in [0.2, 0.25) is 0 Å². The lowest BCUT2D eigenvalue weighted by atomic mass is 10.0. The lowest BCUT2D eigenvalue weighted by molar-refractivity contribution is 0.0997. The maximum absolute atomic E-state index is 11.9. The number of likely N-dealkylation sites (N-methyl/N-ethyl adjacent to an activating group) is 1. The molecule has 0 saturated carbocycles. The van der Waals surface area contributed by atoms with E-state index in [-0.39, 0.29) is 11.3 Å². The number of rotatable bonds is 4. The molecule has 2 heterocycles. The Balaban J connectivity index is 1.72. The third-order valence-electron chi connectivity index (χ3n) is 5.33. The Bertz CT molecular complexity index is 1010. The van der Waals surface area contributed by atoms with Gasteiger partial charge in [-0.05, 0) is 24.2 Å². The Morgan fingerprint density at radius 2 is 1.52 bits per heavy atom. The molecule has 1 aromatic heterocycles. The van der Waals surface area contributed by atoms with Crippen molar-refractivity contribution in [3.05, 3.63) is 66.2 Å². The maximum Gasteiger partial charge on any atom is 0.252 e. The number of carbonyl (C=O) groups is 1. The molecule has 0 bridgehead atoms. The van der Waals surface area contributed by atoms with Gasteiger partial charge < -0.3 is 20.6 Å². The van der Waals surface area contributed by atoms with Crippen molar-refractivity contribution in [2.24, 2.45) is 5.73 Å². The SMILES string of the molecule is CN1CCN(c2nc(-c3ccc(-c4ccccc4)cc3)cc(C(N)=O)c2O)CC1. The van der Waals surface area contributed by atoms with E-state index in [4.69, 9.17) is 5.73 Å². The Kier molecular flexibility index (Phi) is 5.18. The number of aromatic nitrogens is 1. The van der Waals surface area contributed by atoms with Gasteiger partial charge in [0.1, 0.15) is 0 Å². The summed E-state index contributed by atoms with van der Waals surface area (Å²) in [6.07, 6.45) is 0. The number of carbonyl (C=O) groups excluding carboxylic acids is 1. The highest BCUT2D eigenvalue weighted by atomic mass is 16.3. The second-order valence-electron chi connectivity index (χ2n) is 7.33. The van der Waals surface area contributed by atoms with Gasteiger partial charge in [-0.2, -0.15) is 0 Å². The first-order valence-electron chi connectivity index (χ1n) is 9.66. The first-order chi connectivity index (χ1) is 14.0. The molecule has 1 saturated heterocycles. The van der Waals surface area contributed by atoms with E-state index < -0.39 is 5.91 Å². The molecule has 148 valence electrons. The summed E-state index contributed by atoms with van der Waals surface area (Å²) in [5.74, 6) is -0.398. The van der Waals surface area contributed by atoms with E-state index in [1.54, 1.807) is 6.07 Å². The number of aromatic hydroxyl groups is 1. The van der Waals surface area contributed by atoms with Gasteiger partial charge in [-0.25, -0.2) is 4.98 Å². The lowest BCUT2D eigenvalue weighted by Gasteiger charge is -2.33. The molecule has 0 radical (unpaired) electrons. The van der Waals surface area contributed by atoms with Gasteiger partial charge in [0.2, 0.25) is 0 Å². The van der Waals surface area contributed by atoms with Crippen LogP contribution in [-0.4, -0.2) is 54.1 Å². The molecule has 3 aromatic rings. The van der Waals surface area contributed by atoms with Crippen molar-refractivity contribution in [1.29, 1.82) is 0 Å². The monoisotopic (exact) mass is 388 g/mol. The second-order valence-corrected chi connectivity index (χ2v) is 7.33. The molecule has 0 unspecified atom stereocenters. The molecule has 3 N–H and O–H groups in total. The van der Waals surface area contributed by atoms with Crippen molar-refractivity contribution in [1.82, 2.24) is 9.88 Å². The number of primary amides is 1. The van der Waals surface area contributed by atoms with E-state index in [1.165, 1.54) is 0 Å². The lowest BCUT2D eigenvalue weighted by Crippen LogP contribution is -2.45. The zero-order valence-electron chi connectivity index (χ0n) is 16.4. The Morgan fingerprint density at radius 1 is 0.931 bits per heavy atom. The molecule has 1 aliphatic rings. The first kappa shape index (κ1) is 19.0. The Morgan fingerprint density at radius 3 is 2.14 bits per heavy atom. The molecule has 1 aliphatic heterocycles. The molecule has 1 amide bonds. The van der Waals surface area contributed by atoms with Gasteiger partial charge in [0.25, 0.3) is 5.91 Å². The number of nitrogens with zero attached hydrogens (tertiary/aromatic N) is 3. The average Bonchev–Trinajstić information content (AvgIpc) is 2.75. The van der Waals surface area contributed by atoms with E-state index in [2.05, 4.69) is 29.1 Å². The molecular weight excluding hydrogens is 364 g/mol. The summed E-state index contributed by atoms with van der Waals surface area (Å²) in [5, 5.41) is 10.6. The molecule has 1 fully saturated rings. The van der Waals surface area contributed by atoms with Gasteiger partial charge in [0.05, 0.1) is 11.3 Å². The molecule has 2 aromatic carbocycles. The topological polar surface area (TPSA) is 82.7 Å². The van der Waals surface area contributed by atoms with E-state index in [1.807, 2.05) is 47.4 Å². The van der Waals surface area contributed by atoms with E-state index in [9.17, 15) is 9.90 Å². The molecule has 0 atom stereocenters. The number of benzene rings is 2. The summed E-state index contributed by atoms with van der Waals surface area (Å²) in [6.45, 7) is 3.18. The summed E-state index contributed by atoms with van der Waals surface area (Å²) in [5.41, 5.74) is 9.33. The van der Waals surface area contributed by atoms with Crippen LogP contribution in [0.4, 0.5) is 5.82 Å². The van der Waals surface area contributed by atoms with Crippen LogP contribution in [0, 0.1) is 0 Å². The number of amides is 1. The summed E-state index contributed by atoms with van der Waals surface area (Å²) >= 11 is 0. The smallest absolute Gasteiger partial charge is 0.252 e. The van der Waals surface area contributed by atoms with E-state index in [0.29, 0.717) is 11.5 Å². The highest BCUT2D eigenvalue weighted by Crippen LogP contribution is 2.34. The zero-order chi connectivity index (χ0) is 20.4. The van der Waals surface area contributed by atoms with Crippen LogP contribution in [0.15, 0.2) is 60.7 Å². The molecule has 6 heteroatoms. The van der Waals surface area contributed by atoms with Gasteiger partial charge in [-0.3, -0.25) is 4.79 Å².